The van der Waals surface area contributed by atoms with Gasteiger partial charge in [-0.15, -0.1) is 0 Å². The van der Waals surface area contributed by atoms with Crippen molar-refractivity contribution in [2.75, 3.05) is 19.8 Å². The summed E-state index contributed by atoms with van der Waals surface area (Å²) < 4.78 is 13.3. The van der Waals surface area contributed by atoms with Crippen molar-refractivity contribution in [2.24, 2.45) is 0 Å². The molecule has 45 heavy (non-hydrogen) atoms. The van der Waals surface area contributed by atoms with Crippen molar-refractivity contribution in [3.05, 3.63) is 93.6 Å². The highest BCUT2D eigenvalue weighted by molar-refractivity contribution is 5.55. The third-order valence-electron chi connectivity index (χ3n) is 10.3. The van der Waals surface area contributed by atoms with Gasteiger partial charge in [-0.25, -0.2) is 0 Å². The highest BCUT2D eigenvalue weighted by atomic mass is 16.5. The third kappa shape index (κ3) is 9.36. The molecule has 0 saturated carbocycles. The van der Waals surface area contributed by atoms with Gasteiger partial charge in [0.25, 0.3) is 0 Å². The number of nitrogens with zero attached hydrogens (tertiary/aromatic N) is 2. The predicted molar refractivity (Wildman–Crippen MR) is 189 cm³/mol. The van der Waals surface area contributed by atoms with Crippen LogP contribution in [0.4, 0.5) is 0 Å². The van der Waals surface area contributed by atoms with Crippen molar-refractivity contribution in [3.63, 3.8) is 0 Å². The Bertz CT molecular complexity index is 1360. The molecule has 0 N–H and O–H groups in total. The first-order valence-electron chi connectivity index (χ1n) is 17.6. The predicted octanol–water partition coefficient (Wildman–Crippen LogP) is 10.1. The van der Waals surface area contributed by atoms with E-state index in [-0.39, 0.29) is 5.60 Å². The molecule has 0 radical (unpaired) electrons. The normalized spacial score (nSPS) is 21.5. The smallest absolute Gasteiger partial charge is 0.142 e. The van der Waals surface area contributed by atoms with Crippen LogP contribution in [0.3, 0.4) is 0 Å². The van der Waals surface area contributed by atoms with Gasteiger partial charge in [0.15, 0.2) is 0 Å². The second-order valence-corrected chi connectivity index (χ2v) is 14.5. The van der Waals surface area contributed by atoms with Crippen LogP contribution in [-0.2, 0) is 19.5 Å². The summed E-state index contributed by atoms with van der Waals surface area (Å²) >= 11 is 0. The molecule has 1 atom stereocenters. The minimum Gasteiger partial charge on any atom is -0.487 e. The number of allylic oxidation sites excluding steroid dienone is 6. The minimum absolute atomic E-state index is 0.120. The van der Waals surface area contributed by atoms with E-state index in [0.29, 0.717) is 12.8 Å². The molecule has 3 aliphatic rings. The maximum Gasteiger partial charge on any atom is 0.142 e. The third-order valence-corrected chi connectivity index (χ3v) is 10.3. The van der Waals surface area contributed by atoms with E-state index in [1.165, 1.54) is 58.2 Å². The average Bonchev–Trinajstić information content (AvgIpc) is 3.02. The van der Waals surface area contributed by atoms with Gasteiger partial charge < -0.3 is 9.47 Å². The molecule has 0 unspecified atom stereocenters. The van der Waals surface area contributed by atoms with E-state index < -0.39 is 0 Å². The van der Waals surface area contributed by atoms with Crippen LogP contribution in [0.25, 0.3) is 0 Å². The highest BCUT2D eigenvalue weighted by Crippen LogP contribution is 2.45. The van der Waals surface area contributed by atoms with E-state index in [0.717, 1.165) is 82.6 Å². The summed E-state index contributed by atoms with van der Waals surface area (Å²) in [5.74, 6) is 2.20. The first-order chi connectivity index (χ1) is 21.7. The molecule has 244 valence electrons. The van der Waals surface area contributed by atoms with Gasteiger partial charge in [-0.1, -0.05) is 65.3 Å². The minimum atomic E-state index is -0.120. The molecule has 1 fully saturated rings. The first-order valence-corrected chi connectivity index (χ1v) is 17.6. The number of hydrogen-bond donors (Lipinski definition) is 0. The number of piperidine rings is 1. The molecule has 0 bridgehead atoms. The van der Waals surface area contributed by atoms with Crippen LogP contribution in [-0.4, -0.2) is 41.3 Å². The monoisotopic (exact) mass is 610 g/mol. The second-order valence-electron chi connectivity index (χ2n) is 14.5. The van der Waals surface area contributed by atoms with Gasteiger partial charge in [-0.2, -0.15) is 0 Å². The molecule has 2 aromatic carbocycles. The molecular formula is C41H58N2O2. The maximum atomic E-state index is 6.89. The van der Waals surface area contributed by atoms with E-state index in [2.05, 4.69) is 106 Å². The van der Waals surface area contributed by atoms with Crippen molar-refractivity contribution < 1.29 is 9.47 Å². The molecule has 4 heteroatoms. The molecule has 0 amide bonds. The molecule has 3 heterocycles. The van der Waals surface area contributed by atoms with Crippen LogP contribution >= 0.6 is 0 Å². The number of benzene rings is 2. The van der Waals surface area contributed by atoms with Gasteiger partial charge in [0.2, 0.25) is 0 Å². The first kappa shape index (κ1) is 33.5. The van der Waals surface area contributed by atoms with Crippen LogP contribution in [0.5, 0.6) is 11.5 Å². The summed E-state index contributed by atoms with van der Waals surface area (Å²) in [6.07, 6.45) is 18.5. The Morgan fingerprint density at radius 2 is 1.60 bits per heavy atom. The number of hydrogen-bond acceptors (Lipinski definition) is 4. The van der Waals surface area contributed by atoms with Crippen molar-refractivity contribution in [1.82, 2.24) is 9.80 Å². The summed E-state index contributed by atoms with van der Waals surface area (Å²) in [7, 11) is 0. The van der Waals surface area contributed by atoms with E-state index in [1.54, 1.807) is 0 Å². The van der Waals surface area contributed by atoms with Crippen molar-refractivity contribution in [1.29, 1.82) is 0 Å². The number of ether oxygens (including phenoxy) is 2. The van der Waals surface area contributed by atoms with Gasteiger partial charge in [-0.3, -0.25) is 9.80 Å². The lowest BCUT2D eigenvalue weighted by Crippen LogP contribution is -2.47. The molecule has 5 rings (SSSR count). The number of rotatable bonds is 12. The summed E-state index contributed by atoms with van der Waals surface area (Å²) in [4.78, 5) is 5.19. The van der Waals surface area contributed by atoms with Crippen LogP contribution in [0, 0.1) is 6.92 Å². The molecule has 0 aromatic heterocycles. The van der Waals surface area contributed by atoms with Crippen LogP contribution < -0.4 is 9.47 Å². The number of fused-ring (bicyclic) bond motifs is 3. The van der Waals surface area contributed by atoms with Gasteiger partial charge >= 0.3 is 0 Å². The Hall–Kier alpha value is -2.82. The van der Waals surface area contributed by atoms with Crippen LogP contribution in [0.1, 0.15) is 115 Å². The summed E-state index contributed by atoms with van der Waals surface area (Å²) in [6.45, 7) is 18.5. The van der Waals surface area contributed by atoms with Crippen molar-refractivity contribution >= 4 is 0 Å². The zero-order chi connectivity index (χ0) is 31.8. The van der Waals surface area contributed by atoms with E-state index in [9.17, 15) is 0 Å². The van der Waals surface area contributed by atoms with Gasteiger partial charge in [0.05, 0.1) is 0 Å². The fraction of sp³-hybridized carbons (Fsp3) is 0.561. The SMILES string of the molecule is CC(C)=CCC/C(C)=C/CC/C(C)=C/CC[C@]1(C)CCc2c3c(cc(C)c2O1)OCN(C1CCN(Cc2ccccc2)CC1)C3. The van der Waals surface area contributed by atoms with Crippen molar-refractivity contribution in [2.45, 2.75) is 130 Å². The summed E-state index contributed by atoms with van der Waals surface area (Å²) in [5.41, 5.74) is 9.70. The summed E-state index contributed by atoms with van der Waals surface area (Å²) in [6, 6.07) is 13.7. The second kappa shape index (κ2) is 15.6. The number of likely N-dealkylation sites (tertiary alicyclic amines) is 1. The zero-order valence-electron chi connectivity index (χ0n) is 29.1. The van der Waals surface area contributed by atoms with E-state index in [4.69, 9.17) is 9.47 Å². The fourth-order valence-electron chi connectivity index (χ4n) is 7.33. The van der Waals surface area contributed by atoms with Crippen molar-refractivity contribution in [3.8, 4) is 11.5 Å². The van der Waals surface area contributed by atoms with Gasteiger partial charge in [0, 0.05) is 30.3 Å². The lowest BCUT2D eigenvalue weighted by Gasteiger charge is -2.43. The largest absolute Gasteiger partial charge is 0.487 e. The average molecular weight is 611 g/mol. The topological polar surface area (TPSA) is 24.9 Å². The van der Waals surface area contributed by atoms with Gasteiger partial charge in [-0.05, 0) is 136 Å². The Morgan fingerprint density at radius 1 is 0.911 bits per heavy atom. The molecule has 4 nitrogen and oxygen atoms in total. The van der Waals surface area contributed by atoms with Crippen LogP contribution in [0.15, 0.2) is 71.3 Å². The molecule has 3 aliphatic heterocycles. The Labute approximate surface area is 274 Å². The van der Waals surface area contributed by atoms with E-state index in [1.807, 2.05) is 0 Å². The van der Waals surface area contributed by atoms with E-state index >= 15 is 0 Å². The standard InChI is InChI=1S/C41H58N2O2/c1-31(2)13-10-14-32(3)15-11-16-33(4)17-12-23-41(6)24-20-37-38-29-43(30-44-39(38)27-34(5)40(37)45-41)36-21-25-42(26-22-36)28-35-18-8-7-9-19-35/h7-9,13,15,17-19,27,36H,10-12,14,16,20-26,28-30H2,1-6H3/b32-15+,33-17+/t41-/m1/s1. The molecule has 0 aliphatic carbocycles. The summed E-state index contributed by atoms with van der Waals surface area (Å²) in [5, 5.41) is 0. The lowest BCUT2D eigenvalue weighted by atomic mass is 9.85. The molecule has 2 aromatic rings. The fourth-order valence-corrected chi connectivity index (χ4v) is 7.33. The maximum absolute atomic E-state index is 6.89. The Balaban J connectivity index is 1.12. The molecular weight excluding hydrogens is 552 g/mol. The quantitative estimate of drug-likeness (QED) is 0.223. The Morgan fingerprint density at radius 3 is 2.31 bits per heavy atom. The highest BCUT2D eigenvalue weighted by Gasteiger charge is 2.36. The van der Waals surface area contributed by atoms with Gasteiger partial charge in [0.1, 0.15) is 23.8 Å². The lowest BCUT2D eigenvalue weighted by molar-refractivity contribution is 0.0209. The zero-order valence-corrected chi connectivity index (χ0v) is 29.1. The number of aryl methyl sites for hydroxylation is 1. The van der Waals surface area contributed by atoms with Crippen LogP contribution in [0.2, 0.25) is 0 Å². The molecule has 1 saturated heterocycles. The molecule has 0 spiro atoms. The Kier molecular flexibility index (Phi) is 11.7.